The molecule has 0 unspecified atom stereocenters. The van der Waals surface area contributed by atoms with E-state index in [1.807, 2.05) is 73.7 Å². The SMILES string of the molecule is Cc1cccc(CC(=O)NCc2ccc(C(=O)c3ccccc3)s2)c1. The van der Waals surface area contributed by atoms with Crippen LogP contribution < -0.4 is 5.32 Å². The highest BCUT2D eigenvalue weighted by Gasteiger charge is 2.12. The Morgan fingerprint density at radius 2 is 1.76 bits per heavy atom. The zero-order valence-corrected chi connectivity index (χ0v) is 14.8. The quantitative estimate of drug-likeness (QED) is 0.680. The number of amides is 1. The molecule has 4 heteroatoms. The molecule has 0 aliphatic rings. The third-order valence-corrected chi connectivity index (χ3v) is 4.91. The molecule has 25 heavy (non-hydrogen) atoms. The first kappa shape index (κ1) is 17.1. The van der Waals surface area contributed by atoms with Crippen molar-refractivity contribution < 1.29 is 9.59 Å². The van der Waals surface area contributed by atoms with E-state index >= 15 is 0 Å². The van der Waals surface area contributed by atoms with Gasteiger partial charge in [-0.2, -0.15) is 0 Å². The van der Waals surface area contributed by atoms with Gasteiger partial charge in [0.2, 0.25) is 11.7 Å². The van der Waals surface area contributed by atoms with Crippen molar-refractivity contribution in [3.63, 3.8) is 0 Å². The topological polar surface area (TPSA) is 46.2 Å². The first-order valence-electron chi connectivity index (χ1n) is 8.12. The first-order chi connectivity index (χ1) is 12.1. The van der Waals surface area contributed by atoms with E-state index in [-0.39, 0.29) is 11.7 Å². The zero-order valence-electron chi connectivity index (χ0n) is 14.0. The number of rotatable bonds is 6. The first-order valence-corrected chi connectivity index (χ1v) is 8.94. The maximum absolute atomic E-state index is 12.4. The summed E-state index contributed by atoms with van der Waals surface area (Å²) in [6.07, 6.45) is 0.364. The van der Waals surface area contributed by atoms with E-state index in [1.165, 1.54) is 11.3 Å². The number of aryl methyl sites for hydroxylation is 1. The van der Waals surface area contributed by atoms with Gasteiger partial charge in [-0.3, -0.25) is 9.59 Å². The highest BCUT2D eigenvalue weighted by atomic mass is 32.1. The molecular weight excluding hydrogens is 330 g/mol. The minimum atomic E-state index is -0.0186. The number of nitrogens with one attached hydrogen (secondary N) is 1. The van der Waals surface area contributed by atoms with E-state index < -0.39 is 0 Å². The smallest absolute Gasteiger partial charge is 0.224 e. The summed E-state index contributed by atoms with van der Waals surface area (Å²) in [7, 11) is 0. The van der Waals surface area contributed by atoms with Gasteiger partial charge >= 0.3 is 0 Å². The summed E-state index contributed by atoms with van der Waals surface area (Å²) in [5.41, 5.74) is 2.83. The molecule has 126 valence electrons. The third-order valence-electron chi connectivity index (χ3n) is 3.83. The van der Waals surface area contributed by atoms with Crippen LogP contribution in [-0.2, 0) is 17.8 Å². The molecule has 1 amide bonds. The van der Waals surface area contributed by atoms with Gasteiger partial charge in [-0.1, -0.05) is 60.2 Å². The average molecular weight is 349 g/mol. The minimum absolute atomic E-state index is 0.0166. The van der Waals surface area contributed by atoms with Gasteiger partial charge in [0.1, 0.15) is 0 Å². The number of carbonyl (C=O) groups is 2. The summed E-state index contributed by atoms with van der Waals surface area (Å²) >= 11 is 1.42. The fourth-order valence-electron chi connectivity index (χ4n) is 2.58. The van der Waals surface area contributed by atoms with Crippen LogP contribution in [0.4, 0.5) is 0 Å². The second-order valence-corrected chi connectivity index (χ2v) is 7.07. The number of ketones is 1. The Kier molecular flexibility index (Phi) is 5.41. The second-order valence-electron chi connectivity index (χ2n) is 5.90. The molecule has 1 heterocycles. The number of thiophene rings is 1. The zero-order chi connectivity index (χ0) is 17.6. The summed E-state index contributed by atoms with van der Waals surface area (Å²) in [5, 5.41) is 2.92. The molecule has 0 aliphatic heterocycles. The van der Waals surface area contributed by atoms with Crippen LogP contribution in [0.2, 0.25) is 0 Å². The van der Waals surface area contributed by atoms with Crippen molar-refractivity contribution in [2.45, 2.75) is 19.9 Å². The molecule has 0 saturated heterocycles. The fraction of sp³-hybridized carbons (Fsp3) is 0.143. The van der Waals surface area contributed by atoms with Crippen LogP contribution in [0.25, 0.3) is 0 Å². The maximum Gasteiger partial charge on any atom is 0.224 e. The minimum Gasteiger partial charge on any atom is -0.351 e. The summed E-state index contributed by atoms with van der Waals surface area (Å²) in [4.78, 5) is 26.1. The van der Waals surface area contributed by atoms with E-state index in [4.69, 9.17) is 0 Å². The van der Waals surface area contributed by atoms with E-state index in [1.54, 1.807) is 0 Å². The lowest BCUT2D eigenvalue weighted by atomic mass is 10.1. The average Bonchev–Trinajstić information content (AvgIpc) is 3.09. The predicted octanol–water partition coefficient (Wildman–Crippen LogP) is 4.15. The second kappa shape index (κ2) is 7.90. The molecule has 3 aromatic rings. The van der Waals surface area contributed by atoms with Crippen molar-refractivity contribution >= 4 is 23.0 Å². The maximum atomic E-state index is 12.4. The standard InChI is InChI=1S/C21H19NO2S/c1-15-6-5-7-16(12-15)13-20(23)22-14-18-10-11-19(25-18)21(24)17-8-3-2-4-9-17/h2-12H,13-14H2,1H3,(H,22,23). The van der Waals surface area contributed by atoms with Gasteiger partial charge in [-0.05, 0) is 24.6 Å². The molecule has 0 spiro atoms. The molecule has 0 bridgehead atoms. The molecule has 3 rings (SSSR count). The van der Waals surface area contributed by atoms with Crippen LogP contribution in [0.15, 0.2) is 66.7 Å². The molecule has 3 nitrogen and oxygen atoms in total. The van der Waals surface area contributed by atoms with Gasteiger partial charge in [0.25, 0.3) is 0 Å². The van der Waals surface area contributed by atoms with Crippen molar-refractivity contribution in [2.75, 3.05) is 0 Å². The molecule has 0 radical (unpaired) electrons. The molecular formula is C21H19NO2S. The molecule has 1 N–H and O–H groups in total. The molecule has 1 aromatic heterocycles. The van der Waals surface area contributed by atoms with E-state index in [9.17, 15) is 9.59 Å². The van der Waals surface area contributed by atoms with E-state index in [2.05, 4.69) is 5.32 Å². The molecule has 0 fully saturated rings. The number of hydrogen-bond acceptors (Lipinski definition) is 3. The molecule has 0 atom stereocenters. The highest BCUT2D eigenvalue weighted by Crippen LogP contribution is 2.20. The summed E-state index contributed by atoms with van der Waals surface area (Å²) in [6.45, 7) is 2.45. The normalized spacial score (nSPS) is 10.4. The van der Waals surface area contributed by atoms with Gasteiger partial charge < -0.3 is 5.32 Å². The number of hydrogen-bond donors (Lipinski definition) is 1. The van der Waals surface area contributed by atoms with E-state index in [0.29, 0.717) is 23.4 Å². The highest BCUT2D eigenvalue weighted by molar-refractivity contribution is 7.14. The summed E-state index contributed by atoms with van der Waals surface area (Å²) < 4.78 is 0. The monoisotopic (exact) mass is 349 g/mol. The lowest BCUT2D eigenvalue weighted by Gasteiger charge is -2.04. The van der Waals surface area contributed by atoms with Crippen LogP contribution >= 0.6 is 11.3 Å². The number of benzene rings is 2. The van der Waals surface area contributed by atoms with Crippen molar-refractivity contribution in [2.24, 2.45) is 0 Å². The number of carbonyl (C=O) groups excluding carboxylic acids is 2. The predicted molar refractivity (Wildman–Crippen MR) is 101 cm³/mol. The molecule has 2 aromatic carbocycles. The largest absolute Gasteiger partial charge is 0.351 e. The van der Waals surface area contributed by atoms with E-state index in [0.717, 1.165) is 16.0 Å². The Bertz CT molecular complexity index is 884. The Morgan fingerprint density at radius 1 is 0.960 bits per heavy atom. The Labute approximate surface area is 151 Å². The summed E-state index contributed by atoms with van der Waals surface area (Å²) in [6, 6.07) is 20.9. The van der Waals surface area contributed by atoms with Crippen LogP contribution in [0.3, 0.4) is 0 Å². The van der Waals surface area contributed by atoms with Crippen molar-refractivity contribution in [3.8, 4) is 0 Å². The Hall–Kier alpha value is -2.72. The third kappa shape index (κ3) is 4.64. The molecule has 0 aliphatic carbocycles. The van der Waals surface area contributed by atoms with Crippen molar-refractivity contribution in [1.82, 2.24) is 5.32 Å². The Morgan fingerprint density at radius 3 is 2.52 bits per heavy atom. The van der Waals surface area contributed by atoms with Gasteiger partial charge in [-0.25, -0.2) is 0 Å². The van der Waals surface area contributed by atoms with Gasteiger partial charge in [-0.15, -0.1) is 11.3 Å². The van der Waals surface area contributed by atoms with Gasteiger partial charge in [0.15, 0.2) is 0 Å². The Balaban J connectivity index is 1.56. The fourth-order valence-corrected chi connectivity index (χ4v) is 3.49. The van der Waals surface area contributed by atoms with Gasteiger partial charge in [0, 0.05) is 10.4 Å². The lowest BCUT2D eigenvalue weighted by molar-refractivity contribution is -0.120. The van der Waals surface area contributed by atoms with Crippen molar-refractivity contribution in [3.05, 3.63) is 93.2 Å². The molecule has 0 saturated carbocycles. The van der Waals surface area contributed by atoms with Gasteiger partial charge in [0.05, 0.1) is 17.8 Å². The van der Waals surface area contributed by atoms with Crippen LogP contribution in [0.5, 0.6) is 0 Å². The van der Waals surface area contributed by atoms with Crippen LogP contribution in [0.1, 0.15) is 31.2 Å². The van der Waals surface area contributed by atoms with Crippen molar-refractivity contribution in [1.29, 1.82) is 0 Å². The van der Waals surface area contributed by atoms with Crippen LogP contribution in [0, 0.1) is 6.92 Å². The van der Waals surface area contributed by atoms with Crippen LogP contribution in [-0.4, -0.2) is 11.7 Å². The summed E-state index contributed by atoms with van der Waals surface area (Å²) in [5.74, 6) is -0.00197. The lowest BCUT2D eigenvalue weighted by Crippen LogP contribution is -2.24.